The lowest BCUT2D eigenvalue weighted by molar-refractivity contribution is 0.405. The van der Waals surface area contributed by atoms with E-state index in [4.69, 9.17) is 11.6 Å². The van der Waals surface area contributed by atoms with Crippen LogP contribution in [0, 0.1) is 18.8 Å². The van der Waals surface area contributed by atoms with Crippen molar-refractivity contribution in [2.75, 3.05) is 0 Å². The Balaban J connectivity index is 2.19. The Labute approximate surface area is 109 Å². The molecular weight excluding hydrogens is 292 g/mol. The Morgan fingerprint density at radius 1 is 1.53 bits per heavy atom. The van der Waals surface area contributed by atoms with Gasteiger partial charge in [-0.2, -0.15) is 0 Å². The van der Waals surface area contributed by atoms with Crippen LogP contribution in [0.4, 0.5) is 0 Å². The Morgan fingerprint density at radius 2 is 2.27 bits per heavy atom. The molecule has 0 amide bonds. The van der Waals surface area contributed by atoms with Crippen molar-refractivity contribution in [3.8, 4) is 0 Å². The van der Waals surface area contributed by atoms with Gasteiger partial charge in [-0.3, -0.25) is 0 Å². The molecule has 0 spiro atoms. The molecule has 3 heteroatoms. The van der Waals surface area contributed by atoms with Gasteiger partial charge in [-0.25, -0.2) is 0 Å². The van der Waals surface area contributed by atoms with Gasteiger partial charge in [-0.1, -0.05) is 19.8 Å². The molecule has 1 aliphatic carbocycles. The molecular formula is C12H16BrClS. The third-order valence-corrected chi connectivity index (χ3v) is 5.65. The molecule has 3 atom stereocenters. The van der Waals surface area contributed by atoms with Gasteiger partial charge in [0.15, 0.2) is 0 Å². The van der Waals surface area contributed by atoms with Crippen LogP contribution in [-0.4, -0.2) is 0 Å². The summed E-state index contributed by atoms with van der Waals surface area (Å²) < 4.78 is 1.20. The predicted octanol–water partition coefficient (Wildman–Crippen LogP) is 5.54. The van der Waals surface area contributed by atoms with Crippen molar-refractivity contribution in [3.63, 3.8) is 0 Å². The molecule has 1 aliphatic rings. The highest BCUT2D eigenvalue weighted by atomic mass is 79.9. The standard InChI is InChI=1S/C12H16BrClS/c1-7-4-3-5-9(7)12(14)10-6-11(13)15-8(10)2/h6-7,9,12H,3-5H2,1-2H3. The second-order valence-electron chi connectivity index (χ2n) is 4.54. The van der Waals surface area contributed by atoms with E-state index in [0.717, 1.165) is 5.92 Å². The van der Waals surface area contributed by atoms with Gasteiger partial charge in [-0.15, -0.1) is 22.9 Å². The van der Waals surface area contributed by atoms with Gasteiger partial charge < -0.3 is 0 Å². The summed E-state index contributed by atoms with van der Waals surface area (Å²) in [6.45, 7) is 4.50. The molecule has 0 bridgehead atoms. The van der Waals surface area contributed by atoms with Crippen LogP contribution in [0.3, 0.4) is 0 Å². The lowest BCUT2D eigenvalue weighted by atomic mass is 9.91. The molecule has 0 aliphatic heterocycles. The molecule has 1 aromatic heterocycles. The van der Waals surface area contributed by atoms with Crippen LogP contribution in [-0.2, 0) is 0 Å². The van der Waals surface area contributed by atoms with E-state index in [-0.39, 0.29) is 5.38 Å². The van der Waals surface area contributed by atoms with Crippen LogP contribution in [0.5, 0.6) is 0 Å². The van der Waals surface area contributed by atoms with Crippen LogP contribution < -0.4 is 0 Å². The van der Waals surface area contributed by atoms with Gasteiger partial charge in [-0.05, 0) is 52.7 Å². The van der Waals surface area contributed by atoms with Crippen LogP contribution in [0.1, 0.15) is 42.0 Å². The van der Waals surface area contributed by atoms with Crippen LogP contribution in [0.15, 0.2) is 9.85 Å². The molecule has 1 fully saturated rings. The zero-order valence-corrected chi connectivity index (χ0v) is 12.3. The Morgan fingerprint density at radius 3 is 2.73 bits per heavy atom. The van der Waals surface area contributed by atoms with Gasteiger partial charge in [0.2, 0.25) is 0 Å². The number of rotatable bonds is 2. The largest absolute Gasteiger partial charge is 0.133 e. The topological polar surface area (TPSA) is 0 Å². The summed E-state index contributed by atoms with van der Waals surface area (Å²) in [5, 5.41) is 0.213. The third kappa shape index (κ3) is 2.42. The van der Waals surface area contributed by atoms with E-state index in [2.05, 4.69) is 35.8 Å². The van der Waals surface area contributed by atoms with Crippen molar-refractivity contribution in [1.82, 2.24) is 0 Å². The minimum Gasteiger partial charge on any atom is -0.133 e. The van der Waals surface area contributed by atoms with Gasteiger partial charge in [0.1, 0.15) is 0 Å². The minimum atomic E-state index is 0.213. The number of halogens is 2. The highest BCUT2D eigenvalue weighted by Gasteiger charge is 2.31. The zero-order valence-electron chi connectivity index (χ0n) is 9.09. The first-order valence-electron chi connectivity index (χ1n) is 5.49. The number of alkyl halides is 1. The van der Waals surface area contributed by atoms with Gasteiger partial charge in [0.25, 0.3) is 0 Å². The maximum Gasteiger partial charge on any atom is 0.0704 e. The Bertz CT molecular complexity index is 347. The summed E-state index contributed by atoms with van der Waals surface area (Å²) in [4.78, 5) is 1.36. The third-order valence-electron chi connectivity index (χ3n) is 3.53. The number of thiophene rings is 1. The van der Waals surface area contributed by atoms with Crippen molar-refractivity contribution in [1.29, 1.82) is 0 Å². The summed E-state index contributed by atoms with van der Waals surface area (Å²) in [5.74, 6) is 1.46. The normalized spacial score (nSPS) is 28.3. The average molecular weight is 308 g/mol. The van der Waals surface area contributed by atoms with E-state index in [9.17, 15) is 0 Å². The summed E-state index contributed by atoms with van der Waals surface area (Å²) in [6, 6.07) is 2.20. The summed E-state index contributed by atoms with van der Waals surface area (Å²) in [5.41, 5.74) is 1.34. The first-order chi connectivity index (χ1) is 7.09. The summed E-state index contributed by atoms with van der Waals surface area (Å²) in [7, 11) is 0. The fourth-order valence-corrected chi connectivity index (χ4v) is 4.99. The molecule has 0 aromatic carbocycles. The average Bonchev–Trinajstić information content (AvgIpc) is 2.71. The molecule has 0 N–H and O–H groups in total. The van der Waals surface area contributed by atoms with Crippen molar-refractivity contribution in [2.45, 2.75) is 38.5 Å². The molecule has 15 heavy (non-hydrogen) atoms. The van der Waals surface area contributed by atoms with Gasteiger partial charge in [0.05, 0.1) is 9.16 Å². The fourth-order valence-electron chi connectivity index (χ4n) is 2.57. The van der Waals surface area contributed by atoms with E-state index >= 15 is 0 Å². The SMILES string of the molecule is Cc1sc(Br)cc1C(Cl)C1CCCC1C. The van der Waals surface area contributed by atoms with E-state index < -0.39 is 0 Å². The molecule has 1 aromatic rings. The molecule has 84 valence electrons. The first-order valence-corrected chi connectivity index (χ1v) is 7.54. The molecule has 0 radical (unpaired) electrons. The van der Waals surface area contributed by atoms with E-state index in [1.807, 2.05) is 0 Å². The maximum absolute atomic E-state index is 6.61. The second-order valence-corrected chi connectivity index (χ2v) is 7.64. The molecule has 0 saturated heterocycles. The zero-order chi connectivity index (χ0) is 11.0. The Kier molecular flexibility index (Phi) is 3.79. The lowest BCUT2D eigenvalue weighted by Crippen LogP contribution is -2.10. The van der Waals surface area contributed by atoms with Crippen molar-refractivity contribution < 1.29 is 0 Å². The van der Waals surface area contributed by atoms with Gasteiger partial charge in [0, 0.05) is 4.88 Å². The highest BCUT2D eigenvalue weighted by molar-refractivity contribution is 9.11. The smallest absolute Gasteiger partial charge is 0.0704 e. The number of aryl methyl sites for hydroxylation is 1. The Hall–Kier alpha value is 0.470. The second kappa shape index (κ2) is 4.77. The van der Waals surface area contributed by atoms with E-state index in [0.29, 0.717) is 5.92 Å². The summed E-state index contributed by atoms with van der Waals surface area (Å²) >= 11 is 11.9. The monoisotopic (exact) mass is 306 g/mol. The van der Waals surface area contributed by atoms with E-state index in [1.54, 1.807) is 11.3 Å². The minimum absolute atomic E-state index is 0.213. The van der Waals surface area contributed by atoms with Crippen molar-refractivity contribution in [3.05, 3.63) is 20.3 Å². The van der Waals surface area contributed by atoms with Crippen molar-refractivity contribution >= 4 is 38.9 Å². The first kappa shape index (κ1) is 11.9. The van der Waals surface area contributed by atoms with Crippen molar-refractivity contribution in [2.24, 2.45) is 11.8 Å². The predicted molar refractivity (Wildman–Crippen MR) is 71.9 cm³/mol. The van der Waals surface area contributed by atoms with Crippen LogP contribution in [0.2, 0.25) is 0 Å². The lowest BCUT2D eigenvalue weighted by Gasteiger charge is -2.21. The molecule has 2 rings (SSSR count). The highest BCUT2D eigenvalue weighted by Crippen LogP contribution is 2.46. The summed E-state index contributed by atoms with van der Waals surface area (Å²) in [6.07, 6.45) is 3.99. The fraction of sp³-hybridized carbons (Fsp3) is 0.667. The quantitative estimate of drug-likeness (QED) is 0.630. The number of hydrogen-bond donors (Lipinski definition) is 0. The van der Waals surface area contributed by atoms with E-state index in [1.165, 1.54) is 33.5 Å². The molecule has 1 saturated carbocycles. The number of hydrogen-bond acceptors (Lipinski definition) is 1. The maximum atomic E-state index is 6.61. The van der Waals surface area contributed by atoms with Crippen LogP contribution >= 0.6 is 38.9 Å². The molecule has 3 unspecified atom stereocenters. The molecule has 0 nitrogen and oxygen atoms in total. The van der Waals surface area contributed by atoms with Gasteiger partial charge >= 0.3 is 0 Å². The van der Waals surface area contributed by atoms with Crippen LogP contribution in [0.25, 0.3) is 0 Å². The molecule has 1 heterocycles.